The highest BCUT2D eigenvalue weighted by Gasteiger charge is 1.57. The molecule has 0 aliphatic carbocycles. The molecule has 0 aromatic rings. The van der Waals surface area contributed by atoms with E-state index in [1.165, 1.54) is 6.08 Å². The van der Waals surface area contributed by atoms with Crippen LogP contribution in [0.25, 0.3) is 0 Å². The second-order valence-electron chi connectivity index (χ2n) is 1.43. The summed E-state index contributed by atoms with van der Waals surface area (Å²) in [6.45, 7) is 0. The van der Waals surface area contributed by atoms with Gasteiger partial charge < -0.3 is 0 Å². The molecule has 0 bridgehead atoms. The fraction of sp³-hybridized carbons (Fsp3) is 0.125. The molecule has 0 rings (SSSR count). The second-order valence-corrected chi connectivity index (χ2v) is 1.43. The van der Waals surface area contributed by atoms with E-state index in [0.29, 0.717) is 6.29 Å². The van der Waals surface area contributed by atoms with E-state index in [1.54, 1.807) is 31.5 Å². The van der Waals surface area contributed by atoms with Gasteiger partial charge in [0, 0.05) is 19.3 Å². The van der Waals surface area contributed by atoms with Gasteiger partial charge in [0.25, 0.3) is 0 Å². The van der Waals surface area contributed by atoms with Crippen molar-refractivity contribution in [3.63, 3.8) is 0 Å². The third kappa shape index (κ3) is 6.60. The Balaban J connectivity index is 3.71. The lowest BCUT2D eigenvalue weighted by molar-refractivity contribution is -0.104. The van der Waals surface area contributed by atoms with E-state index in [0.717, 1.165) is 0 Å². The predicted octanol–water partition coefficient (Wildman–Crippen LogP) is 1.15. The lowest BCUT2D eigenvalue weighted by Gasteiger charge is -1.66. The Morgan fingerprint density at radius 1 is 1.30 bits per heavy atom. The van der Waals surface area contributed by atoms with E-state index in [-0.39, 0.29) is 0 Å². The van der Waals surface area contributed by atoms with Crippen LogP contribution in [0.15, 0.2) is 35.0 Å². The van der Waals surface area contributed by atoms with Gasteiger partial charge in [-0.15, -0.1) is 5.73 Å². The lowest BCUT2D eigenvalue weighted by atomic mass is 10.5. The van der Waals surface area contributed by atoms with Crippen molar-refractivity contribution in [3.8, 4) is 0 Å². The van der Waals surface area contributed by atoms with Crippen LogP contribution in [0.1, 0.15) is 0 Å². The summed E-state index contributed by atoms with van der Waals surface area (Å²) in [7, 11) is 1.69. The first-order valence-corrected chi connectivity index (χ1v) is 2.85. The molecule has 0 heterocycles. The van der Waals surface area contributed by atoms with Crippen LogP contribution in [0.5, 0.6) is 0 Å². The first-order valence-electron chi connectivity index (χ1n) is 2.85. The summed E-state index contributed by atoms with van der Waals surface area (Å²) < 4.78 is 0. The Morgan fingerprint density at radius 3 is 2.70 bits per heavy atom. The zero-order valence-corrected chi connectivity index (χ0v) is 5.82. The summed E-state index contributed by atoms with van der Waals surface area (Å²) in [6, 6.07) is 0. The summed E-state index contributed by atoms with van der Waals surface area (Å²) in [6.07, 6.45) is 8.76. The van der Waals surface area contributed by atoms with Crippen molar-refractivity contribution in [2.75, 3.05) is 7.05 Å². The monoisotopic (exact) mass is 135 g/mol. The first kappa shape index (κ1) is 8.60. The number of rotatable bonds is 3. The summed E-state index contributed by atoms with van der Waals surface area (Å²) in [4.78, 5) is 13.4. The molecule has 2 heteroatoms. The molecule has 2 nitrogen and oxygen atoms in total. The van der Waals surface area contributed by atoms with E-state index in [2.05, 4.69) is 10.7 Å². The standard InChI is InChI=1S/C8H9NO/c1-9-7-5-3-2-4-6-8-10/h2-3,5-8H,1H3. The van der Waals surface area contributed by atoms with Gasteiger partial charge in [-0.05, 0) is 12.2 Å². The average Bonchev–Trinajstić information content (AvgIpc) is 1.97. The van der Waals surface area contributed by atoms with Crippen molar-refractivity contribution in [3.05, 3.63) is 30.0 Å². The van der Waals surface area contributed by atoms with Crippen molar-refractivity contribution < 1.29 is 4.79 Å². The molecule has 0 spiro atoms. The topological polar surface area (TPSA) is 29.4 Å². The molecule has 10 heavy (non-hydrogen) atoms. The van der Waals surface area contributed by atoms with Crippen molar-refractivity contribution >= 4 is 12.5 Å². The van der Waals surface area contributed by atoms with Crippen molar-refractivity contribution in [1.29, 1.82) is 0 Å². The zero-order chi connectivity index (χ0) is 7.66. The summed E-state index contributed by atoms with van der Waals surface area (Å²) >= 11 is 0. The van der Waals surface area contributed by atoms with Crippen LogP contribution in [0.3, 0.4) is 0 Å². The number of aldehydes is 1. The summed E-state index contributed by atoms with van der Waals surface area (Å²) in [5, 5.41) is 0. The summed E-state index contributed by atoms with van der Waals surface area (Å²) in [5.41, 5.74) is 2.63. The van der Waals surface area contributed by atoms with Gasteiger partial charge in [0.15, 0.2) is 6.29 Å². The van der Waals surface area contributed by atoms with Gasteiger partial charge in [0.05, 0.1) is 0 Å². The highest BCUT2D eigenvalue weighted by atomic mass is 16.1. The molecular weight excluding hydrogens is 126 g/mol. The van der Waals surface area contributed by atoms with Crippen molar-refractivity contribution in [2.24, 2.45) is 4.99 Å². The van der Waals surface area contributed by atoms with Crippen LogP contribution < -0.4 is 0 Å². The van der Waals surface area contributed by atoms with Gasteiger partial charge in [-0.1, -0.05) is 6.08 Å². The SMILES string of the molecule is CN=CC=CC=C=CC=O. The van der Waals surface area contributed by atoms with Gasteiger partial charge in [-0.2, -0.15) is 0 Å². The lowest BCUT2D eigenvalue weighted by Crippen LogP contribution is -1.58. The first-order chi connectivity index (χ1) is 4.91. The molecule has 0 radical (unpaired) electrons. The number of carbonyl (C=O) groups excluding carboxylic acids is 1. The van der Waals surface area contributed by atoms with Crippen LogP contribution in [0.2, 0.25) is 0 Å². The molecule has 0 aliphatic heterocycles. The largest absolute Gasteiger partial charge is 0.298 e. The van der Waals surface area contributed by atoms with E-state index in [9.17, 15) is 4.79 Å². The number of hydrogen-bond acceptors (Lipinski definition) is 2. The van der Waals surface area contributed by atoms with Gasteiger partial charge in [-0.25, -0.2) is 0 Å². The third-order valence-corrected chi connectivity index (χ3v) is 0.703. The van der Waals surface area contributed by atoms with E-state index < -0.39 is 0 Å². The van der Waals surface area contributed by atoms with Gasteiger partial charge in [-0.3, -0.25) is 9.79 Å². The maximum atomic E-state index is 9.71. The molecular formula is C8H9NO. The van der Waals surface area contributed by atoms with E-state index in [4.69, 9.17) is 0 Å². The highest BCUT2D eigenvalue weighted by Crippen LogP contribution is 1.70. The van der Waals surface area contributed by atoms with Crippen LogP contribution in [-0.4, -0.2) is 19.5 Å². The van der Waals surface area contributed by atoms with E-state index in [1.807, 2.05) is 0 Å². The number of allylic oxidation sites excluding steroid dienone is 3. The zero-order valence-electron chi connectivity index (χ0n) is 5.82. The molecule has 0 atom stereocenters. The number of carbonyl (C=O) groups is 1. The molecule has 0 saturated heterocycles. The molecule has 0 aliphatic rings. The van der Waals surface area contributed by atoms with Crippen molar-refractivity contribution in [1.82, 2.24) is 0 Å². The quantitative estimate of drug-likeness (QED) is 0.188. The van der Waals surface area contributed by atoms with Crippen LogP contribution >= 0.6 is 0 Å². The third-order valence-electron chi connectivity index (χ3n) is 0.703. The fourth-order valence-corrected chi connectivity index (χ4v) is 0.342. The second kappa shape index (κ2) is 7.60. The molecule has 0 amide bonds. The van der Waals surface area contributed by atoms with Crippen LogP contribution in [0.4, 0.5) is 0 Å². The molecule has 0 aromatic carbocycles. The molecule has 0 saturated carbocycles. The number of nitrogens with zero attached hydrogens (tertiary/aromatic N) is 1. The Labute approximate surface area is 60.3 Å². The average molecular weight is 135 g/mol. The summed E-state index contributed by atoms with van der Waals surface area (Å²) in [5.74, 6) is 0. The highest BCUT2D eigenvalue weighted by molar-refractivity contribution is 5.71. The Kier molecular flexibility index (Phi) is 6.54. The number of hydrogen-bond donors (Lipinski definition) is 0. The Bertz CT molecular complexity index is 195. The van der Waals surface area contributed by atoms with Gasteiger partial charge in [0.2, 0.25) is 0 Å². The fourth-order valence-electron chi connectivity index (χ4n) is 0.342. The molecule has 52 valence electrons. The maximum Gasteiger partial charge on any atom is 0.150 e. The minimum absolute atomic E-state index is 0.679. The Morgan fingerprint density at radius 2 is 2.10 bits per heavy atom. The molecule has 0 N–H and O–H groups in total. The Hall–Kier alpha value is -1.40. The normalized spacial score (nSPS) is 9.70. The predicted molar refractivity (Wildman–Crippen MR) is 42.3 cm³/mol. The van der Waals surface area contributed by atoms with E-state index >= 15 is 0 Å². The van der Waals surface area contributed by atoms with Crippen molar-refractivity contribution in [2.45, 2.75) is 0 Å². The molecule has 0 aromatic heterocycles. The number of aliphatic imine (C=N–C) groups is 1. The smallest absolute Gasteiger partial charge is 0.150 e. The minimum atomic E-state index is 0.679. The van der Waals surface area contributed by atoms with Gasteiger partial charge in [0.1, 0.15) is 0 Å². The molecule has 0 fully saturated rings. The van der Waals surface area contributed by atoms with Crippen LogP contribution in [0, 0.1) is 0 Å². The van der Waals surface area contributed by atoms with Gasteiger partial charge >= 0.3 is 0 Å². The van der Waals surface area contributed by atoms with Crippen LogP contribution in [-0.2, 0) is 4.79 Å². The maximum absolute atomic E-state index is 9.71. The minimum Gasteiger partial charge on any atom is -0.298 e. The molecule has 0 unspecified atom stereocenters.